The third-order valence-corrected chi connectivity index (χ3v) is 14.7. The molecule has 10 heteroatoms. The van der Waals surface area contributed by atoms with E-state index < -0.39 is 19.7 Å². The van der Waals surface area contributed by atoms with Crippen LogP contribution >= 0.6 is 0 Å². The molecule has 8 rings (SSSR count). The van der Waals surface area contributed by atoms with Crippen molar-refractivity contribution in [3.63, 3.8) is 0 Å². The summed E-state index contributed by atoms with van der Waals surface area (Å²) in [5.41, 5.74) is 6.74. The monoisotopic (exact) mass is 712 g/mol. The number of likely N-dealkylation sites (N-methyl/N-ethyl adjacent to an activating group) is 2. The van der Waals surface area contributed by atoms with E-state index in [0.29, 0.717) is 43.5 Å². The highest BCUT2D eigenvalue weighted by molar-refractivity contribution is 7.91. The van der Waals surface area contributed by atoms with Crippen molar-refractivity contribution in [2.75, 3.05) is 50.1 Å². The van der Waals surface area contributed by atoms with Gasteiger partial charge in [0.05, 0.1) is 19.6 Å². The van der Waals surface area contributed by atoms with Gasteiger partial charge in [0.1, 0.15) is 0 Å². The third kappa shape index (κ3) is 6.36. The summed E-state index contributed by atoms with van der Waals surface area (Å²) >= 11 is 0. The zero-order chi connectivity index (χ0) is 35.2. The lowest BCUT2D eigenvalue weighted by molar-refractivity contribution is 0.531. The van der Waals surface area contributed by atoms with E-state index in [9.17, 15) is 16.8 Å². The minimum Gasteiger partial charge on any atom is -0.371 e. The molecule has 0 amide bonds. The highest BCUT2D eigenvalue weighted by Gasteiger charge is 2.39. The minimum absolute atomic E-state index is 0.364. The quantitative estimate of drug-likeness (QED) is 0.257. The summed E-state index contributed by atoms with van der Waals surface area (Å²) < 4.78 is 52.2. The van der Waals surface area contributed by atoms with Gasteiger partial charge in [-0.05, 0) is 143 Å². The molecule has 4 aromatic rings. The van der Waals surface area contributed by atoms with Crippen LogP contribution in [0.5, 0.6) is 0 Å². The zero-order valence-electron chi connectivity index (χ0n) is 29.4. The first-order valence-corrected chi connectivity index (χ1v) is 20.7. The first-order chi connectivity index (χ1) is 24.0. The summed E-state index contributed by atoms with van der Waals surface area (Å²) in [6, 6.07) is 26.5. The maximum Gasteiger partial charge on any atom is 0.206 e. The fourth-order valence-electron chi connectivity index (χ4n) is 8.47. The van der Waals surface area contributed by atoms with E-state index in [1.807, 2.05) is 56.3 Å². The number of hydrogen-bond donors (Lipinski definition) is 2. The minimum atomic E-state index is -3.48. The van der Waals surface area contributed by atoms with Crippen molar-refractivity contribution in [2.45, 2.75) is 83.0 Å². The Labute approximate surface area is 297 Å². The molecule has 0 radical (unpaired) electrons. The van der Waals surface area contributed by atoms with E-state index in [4.69, 9.17) is 0 Å². The molecular weight excluding hydrogens is 665 g/mol. The van der Waals surface area contributed by atoms with Gasteiger partial charge in [-0.15, -0.1) is 0 Å². The van der Waals surface area contributed by atoms with Crippen molar-refractivity contribution in [1.29, 1.82) is 0 Å². The molecule has 8 nitrogen and oxygen atoms in total. The molecule has 50 heavy (non-hydrogen) atoms. The molecule has 0 spiro atoms. The molecule has 0 bridgehead atoms. The number of rotatable bonds is 4. The number of nitrogens with one attached hydrogen (secondary N) is 2. The number of hydrogen-bond acceptors (Lipinski definition) is 8. The van der Waals surface area contributed by atoms with Gasteiger partial charge in [0.25, 0.3) is 0 Å². The number of aryl methyl sites for hydroxylation is 2. The summed E-state index contributed by atoms with van der Waals surface area (Å²) in [6.45, 7) is 7.90. The Morgan fingerprint density at radius 2 is 0.960 bits per heavy atom. The molecule has 4 aliphatic heterocycles. The fourth-order valence-corrected chi connectivity index (χ4v) is 11.2. The zero-order valence-corrected chi connectivity index (χ0v) is 31.0. The molecule has 4 atom stereocenters. The van der Waals surface area contributed by atoms with Crippen LogP contribution in [-0.2, 0) is 19.7 Å². The van der Waals surface area contributed by atoms with Crippen molar-refractivity contribution >= 4 is 31.0 Å². The summed E-state index contributed by atoms with van der Waals surface area (Å²) in [7, 11) is -2.70. The third-order valence-electron chi connectivity index (χ3n) is 11.2. The summed E-state index contributed by atoms with van der Waals surface area (Å²) in [5.74, 6) is 0.811. The number of benzene rings is 4. The van der Waals surface area contributed by atoms with Crippen LogP contribution in [0.1, 0.15) is 59.8 Å². The second kappa shape index (κ2) is 13.8. The van der Waals surface area contributed by atoms with E-state index >= 15 is 0 Å². The maximum absolute atomic E-state index is 13.1. The van der Waals surface area contributed by atoms with Gasteiger partial charge in [-0.3, -0.25) is 0 Å². The SMILES string of the molecule is Cc1ccc(S(=O)(=O)c2ccc3c(c2)[C@@H]2CCNCC[C@@H]2N3C)cc1.Cc1cccc(S(=O)(=O)c2ccc3c(c2)[C@@H]2CCNCC[C@@H]2N3C)c1. The van der Waals surface area contributed by atoms with Crippen molar-refractivity contribution in [3.8, 4) is 0 Å². The van der Waals surface area contributed by atoms with Crippen molar-refractivity contribution in [2.24, 2.45) is 0 Å². The molecule has 4 aromatic carbocycles. The van der Waals surface area contributed by atoms with Gasteiger partial charge in [-0.25, -0.2) is 16.8 Å². The average molecular weight is 713 g/mol. The van der Waals surface area contributed by atoms with Crippen LogP contribution in [0.2, 0.25) is 0 Å². The molecule has 0 aromatic heterocycles. The highest BCUT2D eigenvalue weighted by Crippen LogP contribution is 2.46. The Balaban J connectivity index is 0.000000157. The number of fused-ring (bicyclic) bond motifs is 6. The van der Waals surface area contributed by atoms with Gasteiger partial charge in [0.15, 0.2) is 0 Å². The molecule has 0 unspecified atom stereocenters. The molecule has 2 saturated heterocycles. The van der Waals surface area contributed by atoms with Crippen LogP contribution in [0.3, 0.4) is 0 Å². The van der Waals surface area contributed by atoms with Crippen molar-refractivity contribution < 1.29 is 16.8 Å². The molecular formula is C40H48N4O4S2. The molecule has 0 saturated carbocycles. The van der Waals surface area contributed by atoms with Gasteiger partial charge in [-0.1, -0.05) is 29.8 Å². The van der Waals surface area contributed by atoms with E-state index in [0.717, 1.165) is 63.0 Å². The smallest absolute Gasteiger partial charge is 0.206 e. The number of sulfone groups is 2. The van der Waals surface area contributed by atoms with Gasteiger partial charge in [-0.2, -0.15) is 0 Å². The molecule has 0 aliphatic carbocycles. The Bertz CT molecular complexity index is 2100. The summed E-state index contributed by atoms with van der Waals surface area (Å²) in [5, 5.41) is 6.92. The summed E-state index contributed by atoms with van der Waals surface area (Å²) in [6.07, 6.45) is 4.29. The molecule has 4 heterocycles. The van der Waals surface area contributed by atoms with E-state index in [-0.39, 0.29) is 0 Å². The predicted octanol–water partition coefficient (Wildman–Crippen LogP) is 6.23. The van der Waals surface area contributed by atoms with Crippen LogP contribution in [0.4, 0.5) is 11.4 Å². The first kappa shape index (κ1) is 34.7. The van der Waals surface area contributed by atoms with Crippen LogP contribution in [0.15, 0.2) is 105 Å². The van der Waals surface area contributed by atoms with Crippen LogP contribution in [0, 0.1) is 13.8 Å². The second-order valence-corrected chi connectivity index (χ2v) is 18.2. The van der Waals surface area contributed by atoms with E-state index in [1.54, 1.807) is 42.5 Å². The predicted molar refractivity (Wildman–Crippen MR) is 200 cm³/mol. The van der Waals surface area contributed by atoms with Gasteiger partial charge in [0, 0.05) is 49.4 Å². The van der Waals surface area contributed by atoms with E-state index in [1.165, 1.54) is 22.5 Å². The van der Waals surface area contributed by atoms with Gasteiger partial charge < -0.3 is 20.4 Å². The summed E-state index contributed by atoms with van der Waals surface area (Å²) in [4.78, 5) is 6.21. The standard InChI is InChI=1S/2C20H24N2O2S/c1-14-3-5-15(6-4-14)25(23,24)16-7-8-19-18(13-16)17-9-11-21-12-10-20(17)22(19)2;1-14-4-3-5-15(12-14)25(23,24)16-6-7-19-18(13-16)17-8-10-21-11-9-20(17)22(19)2/h3-8,13,17,20-21H,9-12H2,1-2H3;3-7,12-13,17,20-21H,8-11H2,1-2H3/t2*17-,20-/m00/s1. The number of nitrogens with zero attached hydrogens (tertiary/aromatic N) is 2. The first-order valence-electron chi connectivity index (χ1n) is 17.8. The Kier molecular flexibility index (Phi) is 9.58. The average Bonchev–Trinajstić information content (AvgIpc) is 3.32. The van der Waals surface area contributed by atoms with E-state index in [2.05, 4.69) is 34.5 Å². The Morgan fingerprint density at radius 3 is 1.46 bits per heavy atom. The van der Waals surface area contributed by atoms with Crippen molar-refractivity contribution in [3.05, 3.63) is 107 Å². The highest BCUT2D eigenvalue weighted by atomic mass is 32.2. The maximum atomic E-state index is 13.1. The topological polar surface area (TPSA) is 98.8 Å². The fraction of sp³-hybridized carbons (Fsp3) is 0.400. The normalized spacial score (nSPS) is 23.0. The van der Waals surface area contributed by atoms with Crippen molar-refractivity contribution in [1.82, 2.24) is 10.6 Å². The van der Waals surface area contributed by atoms with Crippen LogP contribution < -0.4 is 20.4 Å². The lowest BCUT2D eigenvalue weighted by Crippen LogP contribution is -2.30. The molecule has 4 aliphatic rings. The molecule has 264 valence electrons. The Morgan fingerprint density at radius 1 is 0.520 bits per heavy atom. The second-order valence-electron chi connectivity index (χ2n) is 14.3. The number of anilines is 2. The Hall–Kier alpha value is -3.70. The van der Waals surface area contributed by atoms with Gasteiger partial charge >= 0.3 is 0 Å². The van der Waals surface area contributed by atoms with Gasteiger partial charge in [0.2, 0.25) is 19.7 Å². The lowest BCUT2D eigenvalue weighted by Gasteiger charge is -2.24. The van der Waals surface area contributed by atoms with Crippen LogP contribution in [0.25, 0.3) is 0 Å². The van der Waals surface area contributed by atoms with Crippen LogP contribution in [-0.4, -0.2) is 69.2 Å². The molecule has 2 fully saturated rings. The molecule has 2 N–H and O–H groups in total. The largest absolute Gasteiger partial charge is 0.371 e. The lowest BCUT2D eigenvalue weighted by atomic mass is 9.91.